The zero-order valence-corrected chi connectivity index (χ0v) is 8.71. The fourth-order valence-corrected chi connectivity index (χ4v) is 0.753. The van der Waals surface area contributed by atoms with E-state index >= 15 is 0 Å². The van der Waals surface area contributed by atoms with Gasteiger partial charge in [0.25, 0.3) is 0 Å². The molecule has 14 heavy (non-hydrogen) atoms. The van der Waals surface area contributed by atoms with Gasteiger partial charge in [-0.05, 0) is 20.3 Å². The molecule has 0 saturated carbocycles. The molecule has 3 radical (unpaired) electrons. The van der Waals surface area contributed by atoms with Crippen molar-refractivity contribution in [2.24, 2.45) is 0 Å². The molecule has 0 rings (SSSR count). The van der Waals surface area contributed by atoms with Gasteiger partial charge in [-0.1, -0.05) is 0 Å². The molecule has 1 nitrogen and oxygen atoms in total. The molecule has 0 fully saturated rings. The Morgan fingerprint density at radius 3 is 1.71 bits per heavy atom. The van der Waals surface area contributed by atoms with Crippen molar-refractivity contribution >= 4 is 10.5 Å². The summed E-state index contributed by atoms with van der Waals surface area (Å²) < 4.78 is 64.5. The Labute approximate surface area is 82.2 Å². The van der Waals surface area contributed by atoms with Crippen LogP contribution in [0.4, 0.5) is 22.0 Å². The van der Waals surface area contributed by atoms with Crippen molar-refractivity contribution in [1.82, 2.24) is 0 Å². The predicted octanol–water partition coefficient (Wildman–Crippen LogP) is 2.84. The standard InChI is InChI=1S/C7H10F5OSi/c1-5(2,13-14)3-4-6(8,9)7(10,11)12/h3-4H2,1-2H3. The fourth-order valence-electron chi connectivity index (χ4n) is 0.651. The summed E-state index contributed by atoms with van der Waals surface area (Å²) in [6.45, 7) is 2.82. The van der Waals surface area contributed by atoms with Crippen molar-refractivity contribution in [3.63, 3.8) is 0 Å². The van der Waals surface area contributed by atoms with Crippen LogP contribution in [0.5, 0.6) is 0 Å². The summed E-state index contributed by atoms with van der Waals surface area (Å²) in [7, 11) is 2.61. The number of halogens is 5. The van der Waals surface area contributed by atoms with Crippen molar-refractivity contribution in [3.05, 3.63) is 0 Å². The van der Waals surface area contributed by atoms with Gasteiger partial charge < -0.3 is 4.43 Å². The van der Waals surface area contributed by atoms with Crippen LogP contribution >= 0.6 is 0 Å². The van der Waals surface area contributed by atoms with Gasteiger partial charge in [0.15, 0.2) is 0 Å². The minimum atomic E-state index is -5.49. The van der Waals surface area contributed by atoms with Crippen molar-refractivity contribution in [2.45, 2.75) is 44.4 Å². The Morgan fingerprint density at radius 1 is 1.00 bits per heavy atom. The highest BCUT2D eigenvalue weighted by atomic mass is 28.2. The molecule has 0 amide bonds. The van der Waals surface area contributed by atoms with Crippen LogP contribution in [0, 0.1) is 0 Å². The zero-order valence-electron chi connectivity index (χ0n) is 7.71. The molecule has 0 heterocycles. The van der Waals surface area contributed by atoms with E-state index in [2.05, 4.69) is 14.9 Å². The highest BCUT2D eigenvalue weighted by Crippen LogP contribution is 2.40. The van der Waals surface area contributed by atoms with Crippen LogP contribution in [-0.2, 0) is 4.43 Å². The second-order valence-corrected chi connectivity index (χ2v) is 3.77. The topological polar surface area (TPSA) is 9.23 Å². The van der Waals surface area contributed by atoms with E-state index in [-0.39, 0.29) is 0 Å². The van der Waals surface area contributed by atoms with Gasteiger partial charge in [0.1, 0.15) is 0 Å². The van der Waals surface area contributed by atoms with Gasteiger partial charge in [-0.3, -0.25) is 0 Å². The van der Waals surface area contributed by atoms with Crippen LogP contribution in [0.25, 0.3) is 0 Å². The zero-order chi connectivity index (χ0) is 11.6. The van der Waals surface area contributed by atoms with E-state index in [1.807, 2.05) is 0 Å². The van der Waals surface area contributed by atoms with Gasteiger partial charge in [-0.2, -0.15) is 22.0 Å². The average Bonchev–Trinajstić information content (AvgIpc) is 1.99. The van der Waals surface area contributed by atoms with Crippen LogP contribution in [0.3, 0.4) is 0 Å². The van der Waals surface area contributed by atoms with Crippen molar-refractivity contribution in [2.75, 3.05) is 0 Å². The fraction of sp³-hybridized carbons (Fsp3) is 1.00. The first-order valence-corrected chi connectivity index (χ1v) is 4.22. The quantitative estimate of drug-likeness (QED) is 0.536. The molecular weight excluding hydrogens is 223 g/mol. The second kappa shape index (κ2) is 4.14. The smallest absolute Gasteiger partial charge is 0.414 e. The van der Waals surface area contributed by atoms with E-state index in [0.29, 0.717) is 0 Å². The third-order valence-corrected chi connectivity index (χ3v) is 2.28. The lowest BCUT2D eigenvalue weighted by molar-refractivity contribution is -0.286. The van der Waals surface area contributed by atoms with Crippen molar-refractivity contribution in [1.29, 1.82) is 0 Å². The van der Waals surface area contributed by atoms with Crippen LogP contribution < -0.4 is 0 Å². The number of alkyl halides is 5. The number of hydrogen-bond acceptors (Lipinski definition) is 1. The molecule has 0 atom stereocenters. The predicted molar refractivity (Wildman–Crippen MR) is 41.2 cm³/mol. The molecule has 0 unspecified atom stereocenters. The molecule has 0 N–H and O–H groups in total. The number of hydrogen-bond donors (Lipinski definition) is 0. The first-order valence-electron chi connectivity index (χ1n) is 3.81. The Bertz CT molecular complexity index is 189. The van der Waals surface area contributed by atoms with E-state index < -0.39 is 30.5 Å². The van der Waals surface area contributed by atoms with Crippen LogP contribution in [0.2, 0.25) is 0 Å². The van der Waals surface area contributed by atoms with Gasteiger partial charge in [-0.15, -0.1) is 0 Å². The molecule has 7 heteroatoms. The molecule has 0 bridgehead atoms. The third kappa shape index (κ3) is 3.91. The Kier molecular flexibility index (Phi) is 4.09. The molecule has 0 aromatic rings. The maximum atomic E-state index is 12.4. The van der Waals surface area contributed by atoms with Gasteiger partial charge in [0.2, 0.25) is 10.5 Å². The summed E-state index contributed by atoms with van der Waals surface area (Å²) in [5.41, 5.74) is -1.05. The molecule has 0 spiro atoms. The Balaban J connectivity index is 4.27. The molecule has 0 aromatic heterocycles. The minimum Gasteiger partial charge on any atom is -0.414 e. The first kappa shape index (κ1) is 13.8. The third-order valence-electron chi connectivity index (χ3n) is 1.73. The summed E-state index contributed by atoms with van der Waals surface area (Å²) in [4.78, 5) is 0. The maximum Gasteiger partial charge on any atom is 0.453 e. The normalized spacial score (nSPS) is 14.6. The van der Waals surface area contributed by atoms with Gasteiger partial charge in [0, 0.05) is 6.42 Å². The number of rotatable bonds is 4. The lowest BCUT2D eigenvalue weighted by atomic mass is 10.00. The van der Waals surface area contributed by atoms with Crippen molar-refractivity contribution < 1.29 is 26.4 Å². The SMILES string of the molecule is CC(C)(CCC(F)(F)C(F)(F)F)O[Si]. The largest absolute Gasteiger partial charge is 0.453 e. The average molecular weight is 233 g/mol. The molecule has 0 aliphatic heterocycles. The first-order chi connectivity index (χ1) is 6.02. The summed E-state index contributed by atoms with van der Waals surface area (Å²) in [6.07, 6.45) is -7.17. The monoisotopic (exact) mass is 233 g/mol. The minimum absolute atomic E-state index is 0.400. The summed E-state index contributed by atoms with van der Waals surface area (Å²) >= 11 is 0. The van der Waals surface area contributed by atoms with E-state index in [4.69, 9.17) is 0 Å². The lowest BCUT2D eigenvalue weighted by Crippen LogP contribution is -2.38. The van der Waals surface area contributed by atoms with E-state index in [1.54, 1.807) is 0 Å². The van der Waals surface area contributed by atoms with Crippen molar-refractivity contribution in [3.8, 4) is 0 Å². The van der Waals surface area contributed by atoms with E-state index in [0.717, 1.165) is 0 Å². The highest BCUT2D eigenvalue weighted by molar-refractivity contribution is 5.98. The molecule has 0 aliphatic carbocycles. The maximum absolute atomic E-state index is 12.4. The molecule has 0 saturated heterocycles. The molecule has 0 aliphatic rings. The summed E-state index contributed by atoms with van der Waals surface area (Å²) in [5, 5.41) is 0. The Morgan fingerprint density at radius 2 is 1.43 bits per heavy atom. The van der Waals surface area contributed by atoms with Gasteiger partial charge >= 0.3 is 12.1 Å². The Hall–Kier alpha value is -0.173. The van der Waals surface area contributed by atoms with E-state index in [9.17, 15) is 22.0 Å². The second-order valence-electron chi connectivity index (χ2n) is 3.56. The van der Waals surface area contributed by atoms with Gasteiger partial charge in [0.05, 0.1) is 5.60 Å². The van der Waals surface area contributed by atoms with Crippen LogP contribution in [-0.4, -0.2) is 28.2 Å². The molecule has 83 valence electrons. The van der Waals surface area contributed by atoms with Crippen LogP contribution in [0.15, 0.2) is 0 Å². The molecular formula is C7H10F5OSi. The summed E-state index contributed by atoms with van der Waals surface area (Å²) in [5.74, 6) is -4.66. The van der Waals surface area contributed by atoms with E-state index in [1.165, 1.54) is 13.8 Å². The summed E-state index contributed by atoms with van der Waals surface area (Å²) in [6, 6.07) is 0. The van der Waals surface area contributed by atoms with Crippen LogP contribution in [0.1, 0.15) is 26.7 Å². The molecule has 0 aromatic carbocycles. The lowest BCUT2D eigenvalue weighted by Gasteiger charge is -2.26. The highest BCUT2D eigenvalue weighted by Gasteiger charge is 2.57. The van der Waals surface area contributed by atoms with Gasteiger partial charge in [-0.25, -0.2) is 0 Å².